The van der Waals surface area contributed by atoms with Crippen molar-refractivity contribution in [3.63, 3.8) is 0 Å². The Morgan fingerprint density at radius 2 is 2.11 bits per heavy atom. The second-order valence-electron chi connectivity index (χ2n) is 4.35. The van der Waals surface area contributed by atoms with Crippen LogP contribution in [0.5, 0.6) is 0 Å². The van der Waals surface area contributed by atoms with Crippen LogP contribution < -0.4 is 0 Å². The first-order valence-electron chi connectivity index (χ1n) is 6.06. The minimum absolute atomic E-state index is 0.240. The maximum absolute atomic E-state index is 11.9. The Bertz CT molecular complexity index is 660. The standard InChI is InChI=1S/C15H14N2O2/c1-3-19-14(18)15(2,10-16)13-9-8-11-6-4-5-7-12(11)17-13/h4-9H,3H2,1-2H3. The Kier molecular flexibility index (Phi) is 3.48. The lowest BCUT2D eigenvalue weighted by molar-refractivity contribution is -0.147. The molecule has 1 atom stereocenters. The largest absolute Gasteiger partial charge is 0.465 e. The van der Waals surface area contributed by atoms with Gasteiger partial charge in [0.05, 0.1) is 23.9 Å². The van der Waals surface area contributed by atoms with E-state index in [9.17, 15) is 10.1 Å². The molecule has 19 heavy (non-hydrogen) atoms. The van der Waals surface area contributed by atoms with Gasteiger partial charge in [0, 0.05) is 5.39 Å². The average Bonchev–Trinajstić information content (AvgIpc) is 2.46. The van der Waals surface area contributed by atoms with Gasteiger partial charge in [0.25, 0.3) is 0 Å². The molecule has 1 aromatic heterocycles. The van der Waals surface area contributed by atoms with Gasteiger partial charge in [0.15, 0.2) is 5.41 Å². The van der Waals surface area contributed by atoms with Gasteiger partial charge in [-0.05, 0) is 26.0 Å². The zero-order chi connectivity index (χ0) is 13.9. The van der Waals surface area contributed by atoms with Crippen molar-refractivity contribution in [2.24, 2.45) is 0 Å². The minimum Gasteiger partial charge on any atom is -0.465 e. The second kappa shape index (κ2) is 5.07. The van der Waals surface area contributed by atoms with E-state index in [-0.39, 0.29) is 6.61 Å². The molecule has 0 spiro atoms. The maximum Gasteiger partial charge on any atom is 0.332 e. The minimum atomic E-state index is -1.37. The van der Waals surface area contributed by atoms with Gasteiger partial charge >= 0.3 is 5.97 Å². The molecule has 0 N–H and O–H groups in total. The van der Waals surface area contributed by atoms with Gasteiger partial charge in [0.1, 0.15) is 0 Å². The van der Waals surface area contributed by atoms with Crippen molar-refractivity contribution in [1.29, 1.82) is 5.26 Å². The molecule has 2 rings (SSSR count). The highest BCUT2D eigenvalue weighted by atomic mass is 16.5. The number of hydrogen-bond donors (Lipinski definition) is 0. The van der Waals surface area contributed by atoms with Gasteiger partial charge in [-0.15, -0.1) is 0 Å². The van der Waals surface area contributed by atoms with Gasteiger partial charge in [0.2, 0.25) is 0 Å². The number of aromatic nitrogens is 1. The van der Waals surface area contributed by atoms with Crippen molar-refractivity contribution < 1.29 is 9.53 Å². The number of para-hydroxylation sites is 1. The number of fused-ring (bicyclic) bond motifs is 1. The van der Waals surface area contributed by atoms with E-state index in [1.54, 1.807) is 13.0 Å². The maximum atomic E-state index is 11.9. The summed E-state index contributed by atoms with van der Waals surface area (Å²) in [6.45, 7) is 3.48. The molecule has 1 unspecified atom stereocenters. The van der Waals surface area contributed by atoms with Crippen molar-refractivity contribution in [1.82, 2.24) is 4.98 Å². The van der Waals surface area contributed by atoms with Crippen LogP contribution in [0.1, 0.15) is 19.5 Å². The van der Waals surface area contributed by atoms with Crippen LogP contribution in [-0.4, -0.2) is 17.6 Å². The summed E-state index contributed by atoms with van der Waals surface area (Å²) in [5.41, 5.74) is -0.210. The monoisotopic (exact) mass is 254 g/mol. The summed E-state index contributed by atoms with van der Waals surface area (Å²) in [7, 11) is 0. The smallest absolute Gasteiger partial charge is 0.332 e. The first-order chi connectivity index (χ1) is 9.11. The number of esters is 1. The van der Waals surface area contributed by atoms with E-state index in [2.05, 4.69) is 4.98 Å². The highest BCUT2D eigenvalue weighted by Crippen LogP contribution is 2.25. The molecule has 0 aliphatic rings. The summed E-state index contributed by atoms with van der Waals surface area (Å²) in [4.78, 5) is 16.3. The van der Waals surface area contributed by atoms with Crippen molar-refractivity contribution in [2.45, 2.75) is 19.3 Å². The van der Waals surface area contributed by atoms with Crippen LogP contribution in [0.3, 0.4) is 0 Å². The van der Waals surface area contributed by atoms with E-state index in [1.165, 1.54) is 6.92 Å². The predicted octanol–water partition coefficient (Wildman–Crippen LogP) is 2.58. The first kappa shape index (κ1) is 13.0. The number of nitriles is 1. The number of benzene rings is 1. The molecule has 96 valence electrons. The van der Waals surface area contributed by atoms with Gasteiger partial charge in [-0.25, -0.2) is 4.79 Å². The topological polar surface area (TPSA) is 63.0 Å². The van der Waals surface area contributed by atoms with Crippen molar-refractivity contribution in [3.05, 3.63) is 42.1 Å². The molecule has 0 fully saturated rings. The molecule has 4 heteroatoms. The number of carbonyl (C=O) groups excluding carboxylic acids is 1. The third-order valence-electron chi connectivity index (χ3n) is 3.02. The second-order valence-corrected chi connectivity index (χ2v) is 4.35. The molecule has 0 radical (unpaired) electrons. The summed E-state index contributed by atoms with van der Waals surface area (Å²) in [6.07, 6.45) is 0. The molecule has 0 amide bonds. The quantitative estimate of drug-likeness (QED) is 0.790. The van der Waals surface area contributed by atoms with Crippen LogP contribution in [0.4, 0.5) is 0 Å². The van der Waals surface area contributed by atoms with Crippen molar-refractivity contribution >= 4 is 16.9 Å². The number of ether oxygens (including phenoxy) is 1. The lowest BCUT2D eigenvalue weighted by atomic mass is 9.88. The van der Waals surface area contributed by atoms with Gasteiger partial charge in [-0.1, -0.05) is 24.3 Å². The van der Waals surface area contributed by atoms with Crippen LogP contribution in [0, 0.1) is 11.3 Å². The number of rotatable bonds is 3. The molecule has 0 saturated heterocycles. The Labute approximate surface area is 111 Å². The number of pyridine rings is 1. The summed E-state index contributed by atoms with van der Waals surface area (Å²) in [5, 5.41) is 10.3. The van der Waals surface area contributed by atoms with E-state index >= 15 is 0 Å². The zero-order valence-corrected chi connectivity index (χ0v) is 10.9. The summed E-state index contributed by atoms with van der Waals surface area (Å²) >= 11 is 0. The van der Waals surface area contributed by atoms with E-state index in [0.29, 0.717) is 5.69 Å². The predicted molar refractivity (Wildman–Crippen MR) is 71.3 cm³/mol. The lowest BCUT2D eigenvalue weighted by Gasteiger charge is -2.19. The molecule has 0 bridgehead atoms. The van der Waals surface area contributed by atoms with Crippen LogP contribution in [-0.2, 0) is 14.9 Å². The van der Waals surface area contributed by atoms with Crippen molar-refractivity contribution in [3.8, 4) is 6.07 Å². The fourth-order valence-electron chi connectivity index (χ4n) is 1.83. The molecule has 1 heterocycles. The third-order valence-corrected chi connectivity index (χ3v) is 3.02. The lowest BCUT2D eigenvalue weighted by Crippen LogP contribution is -2.33. The average molecular weight is 254 g/mol. The number of nitrogens with zero attached hydrogens (tertiary/aromatic N) is 2. The summed E-state index contributed by atoms with van der Waals surface area (Å²) in [5.74, 6) is -0.569. The highest BCUT2D eigenvalue weighted by molar-refractivity contribution is 5.87. The number of carbonyl (C=O) groups is 1. The Morgan fingerprint density at radius 1 is 1.37 bits per heavy atom. The van der Waals surface area contributed by atoms with Crippen LogP contribution in [0.15, 0.2) is 36.4 Å². The summed E-state index contributed by atoms with van der Waals surface area (Å²) in [6, 6.07) is 13.1. The Balaban J connectivity index is 2.52. The highest BCUT2D eigenvalue weighted by Gasteiger charge is 2.38. The first-order valence-corrected chi connectivity index (χ1v) is 6.06. The molecule has 0 saturated carbocycles. The van der Waals surface area contributed by atoms with Gasteiger partial charge in [-0.3, -0.25) is 4.98 Å². The number of hydrogen-bond acceptors (Lipinski definition) is 4. The van der Waals surface area contributed by atoms with Crippen LogP contribution in [0.25, 0.3) is 10.9 Å². The molecule has 1 aromatic carbocycles. The van der Waals surface area contributed by atoms with Gasteiger partial charge in [-0.2, -0.15) is 5.26 Å². The molecular weight excluding hydrogens is 240 g/mol. The van der Waals surface area contributed by atoms with E-state index in [4.69, 9.17) is 4.74 Å². The van der Waals surface area contributed by atoms with Crippen LogP contribution in [0.2, 0.25) is 0 Å². The molecule has 2 aromatic rings. The molecule has 4 nitrogen and oxygen atoms in total. The van der Waals surface area contributed by atoms with Gasteiger partial charge < -0.3 is 4.74 Å². The van der Waals surface area contributed by atoms with E-state index in [0.717, 1.165) is 10.9 Å². The van der Waals surface area contributed by atoms with Crippen LogP contribution >= 0.6 is 0 Å². The van der Waals surface area contributed by atoms with E-state index in [1.807, 2.05) is 36.4 Å². The Hall–Kier alpha value is -2.41. The van der Waals surface area contributed by atoms with E-state index < -0.39 is 11.4 Å². The molecule has 0 aliphatic carbocycles. The molecular formula is C15H14N2O2. The van der Waals surface area contributed by atoms with Crippen molar-refractivity contribution in [2.75, 3.05) is 6.61 Å². The SMILES string of the molecule is CCOC(=O)C(C)(C#N)c1ccc2ccccc2n1. The normalized spacial score (nSPS) is 13.5. The zero-order valence-electron chi connectivity index (χ0n) is 10.9. The molecule has 0 aliphatic heterocycles. The summed E-state index contributed by atoms with van der Waals surface area (Å²) < 4.78 is 4.96. The fraction of sp³-hybridized carbons (Fsp3) is 0.267. The third kappa shape index (κ3) is 2.27. The fourth-order valence-corrected chi connectivity index (χ4v) is 1.83. The Morgan fingerprint density at radius 3 is 2.79 bits per heavy atom.